The summed E-state index contributed by atoms with van der Waals surface area (Å²) >= 11 is 3.28. The van der Waals surface area contributed by atoms with Crippen molar-refractivity contribution in [2.45, 2.75) is 12.5 Å². The molecule has 1 amide bonds. The molecule has 0 bridgehead atoms. The lowest BCUT2D eigenvalue weighted by Gasteiger charge is -2.26. The molecule has 0 unspecified atom stereocenters. The second-order valence-electron chi connectivity index (χ2n) is 4.74. The maximum atomic E-state index is 12.3. The van der Waals surface area contributed by atoms with Gasteiger partial charge in [-0.05, 0) is 24.3 Å². The molecule has 8 heteroatoms. The Hall–Kier alpha value is -2.22. The third kappa shape index (κ3) is 3.58. The smallest absolute Gasteiger partial charge is 0.473 e. The van der Waals surface area contributed by atoms with Gasteiger partial charge < -0.3 is 14.8 Å². The van der Waals surface area contributed by atoms with Gasteiger partial charge in [0, 0.05) is 16.1 Å². The molecule has 0 radical (unpaired) electrons. The molecular weight excluding hydrogens is 379 g/mol. The Bertz CT molecular complexity index is 747. The molecule has 0 saturated heterocycles. The maximum Gasteiger partial charge on any atom is 0.573 e. The van der Waals surface area contributed by atoms with Crippen LogP contribution in [0.15, 0.2) is 46.9 Å². The quantitative estimate of drug-likeness (QED) is 0.829. The number of carbonyl (C=O) groups is 1. The van der Waals surface area contributed by atoms with E-state index in [2.05, 4.69) is 26.0 Å². The summed E-state index contributed by atoms with van der Waals surface area (Å²) in [5.41, 5.74) is 0.872. The van der Waals surface area contributed by atoms with Crippen molar-refractivity contribution in [1.29, 1.82) is 0 Å². The first-order valence-corrected chi connectivity index (χ1v) is 7.24. The molecule has 0 aliphatic carbocycles. The normalized spacial score (nSPS) is 17.0. The van der Waals surface area contributed by atoms with Crippen molar-refractivity contribution in [3.05, 3.63) is 52.5 Å². The molecule has 1 aliphatic rings. The van der Waals surface area contributed by atoms with E-state index in [9.17, 15) is 18.0 Å². The molecule has 0 aromatic heterocycles. The average molecular weight is 388 g/mol. The van der Waals surface area contributed by atoms with E-state index in [1.54, 1.807) is 24.3 Å². The van der Waals surface area contributed by atoms with Gasteiger partial charge in [0.15, 0.2) is 0 Å². The summed E-state index contributed by atoms with van der Waals surface area (Å²) in [5.74, 6) is -0.703. The number of hydrogen-bond acceptors (Lipinski definition) is 3. The van der Waals surface area contributed by atoms with Gasteiger partial charge in [-0.1, -0.05) is 28.1 Å². The number of fused-ring (bicyclic) bond motifs is 1. The molecule has 2 aromatic carbocycles. The number of alkyl halides is 3. The van der Waals surface area contributed by atoms with Crippen LogP contribution in [-0.4, -0.2) is 12.3 Å². The van der Waals surface area contributed by atoms with Crippen molar-refractivity contribution in [2.75, 3.05) is 5.32 Å². The summed E-state index contributed by atoms with van der Waals surface area (Å²) in [6.45, 7) is 0. The molecule has 1 heterocycles. The van der Waals surface area contributed by atoms with Crippen LogP contribution in [0.25, 0.3) is 0 Å². The molecule has 3 rings (SSSR count). The van der Waals surface area contributed by atoms with Crippen molar-refractivity contribution in [1.82, 2.24) is 0 Å². The zero-order valence-electron chi connectivity index (χ0n) is 11.4. The lowest BCUT2D eigenvalue weighted by Crippen LogP contribution is -2.30. The Kier molecular flexibility index (Phi) is 3.93. The molecular formula is C15H9BrF3NO3. The minimum Gasteiger partial charge on any atom is -0.473 e. The highest BCUT2D eigenvalue weighted by atomic mass is 79.9. The third-order valence-electron chi connectivity index (χ3n) is 3.10. The Labute approximate surface area is 137 Å². The van der Waals surface area contributed by atoms with Gasteiger partial charge in [-0.3, -0.25) is 4.79 Å². The molecule has 1 atom stereocenters. The van der Waals surface area contributed by atoms with E-state index in [0.717, 1.165) is 16.6 Å². The Morgan fingerprint density at radius 2 is 1.83 bits per heavy atom. The highest BCUT2D eigenvalue weighted by molar-refractivity contribution is 9.10. The van der Waals surface area contributed by atoms with Gasteiger partial charge in [0.25, 0.3) is 5.91 Å². The summed E-state index contributed by atoms with van der Waals surface area (Å²) in [6, 6.07) is 10.4. The van der Waals surface area contributed by atoms with E-state index in [4.69, 9.17) is 4.74 Å². The highest BCUT2D eigenvalue weighted by Crippen LogP contribution is 2.38. The van der Waals surface area contributed by atoms with E-state index >= 15 is 0 Å². The topological polar surface area (TPSA) is 47.6 Å². The summed E-state index contributed by atoms with van der Waals surface area (Å²) in [5, 5.41) is 2.60. The molecule has 4 nitrogen and oxygen atoms in total. The highest BCUT2D eigenvalue weighted by Gasteiger charge is 2.33. The van der Waals surface area contributed by atoms with Crippen molar-refractivity contribution in [3.8, 4) is 11.5 Å². The number of anilines is 1. The molecule has 0 spiro atoms. The third-order valence-corrected chi connectivity index (χ3v) is 3.63. The molecule has 0 saturated carbocycles. The Morgan fingerprint density at radius 3 is 2.48 bits per heavy atom. The summed E-state index contributed by atoms with van der Waals surface area (Å²) in [4.78, 5) is 12.1. The van der Waals surface area contributed by atoms with Gasteiger partial charge in [-0.2, -0.15) is 0 Å². The second kappa shape index (κ2) is 5.77. The minimum atomic E-state index is -4.79. The molecule has 23 heavy (non-hydrogen) atoms. The predicted molar refractivity (Wildman–Crippen MR) is 79.3 cm³/mol. The minimum absolute atomic E-state index is 0.110. The van der Waals surface area contributed by atoms with Crippen molar-refractivity contribution in [2.24, 2.45) is 0 Å². The van der Waals surface area contributed by atoms with Crippen molar-refractivity contribution in [3.63, 3.8) is 0 Å². The first-order valence-electron chi connectivity index (χ1n) is 6.44. The van der Waals surface area contributed by atoms with Crippen molar-refractivity contribution < 1.29 is 27.4 Å². The predicted octanol–water partition coefficient (Wildman–Crippen LogP) is 4.42. The van der Waals surface area contributed by atoms with E-state index in [-0.39, 0.29) is 11.4 Å². The average Bonchev–Trinajstić information content (AvgIpc) is 2.46. The molecule has 1 aliphatic heterocycles. The number of rotatable bonds is 2. The largest absolute Gasteiger partial charge is 0.573 e. The number of nitrogens with one attached hydrogen (secondary N) is 1. The van der Waals surface area contributed by atoms with Crippen LogP contribution in [0.3, 0.4) is 0 Å². The molecule has 2 aromatic rings. The van der Waals surface area contributed by atoms with Crippen LogP contribution >= 0.6 is 15.9 Å². The van der Waals surface area contributed by atoms with Crippen LogP contribution < -0.4 is 14.8 Å². The lowest BCUT2D eigenvalue weighted by molar-refractivity contribution is -0.274. The monoisotopic (exact) mass is 387 g/mol. The van der Waals surface area contributed by atoms with Crippen LogP contribution in [-0.2, 0) is 4.79 Å². The fraction of sp³-hybridized carbons (Fsp3) is 0.133. The SMILES string of the molecule is O=C1Nc2ccc(OC(F)(F)F)cc2O[C@H]1c1ccc(Br)cc1. The number of amides is 1. The summed E-state index contributed by atoms with van der Waals surface area (Å²) < 4.78 is 47.1. The van der Waals surface area contributed by atoms with Gasteiger partial charge in [0.05, 0.1) is 5.69 Å². The number of ether oxygens (including phenoxy) is 2. The molecule has 1 N–H and O–H groups in total. The van der Waals surface area contributed by atoms with Gasteiger partial charge >= 0.3 is 6.36 Å². The van der Waals surface area contributed by atoms with Crippen molar-refractivity contribution >= 4 is 27.5 Å². The Morgan fingerprint density at radius 1 is 1.13 bits per heavy atom. The number of carbonyl (C=O) groups excluding carboxylic acids is 1. The first-order chi connectivity index (χ1) is 10.8. The van der Waals surface area contributed by atoms with Crippen LogP contribution in [0, 0.1) is 0 Å². The molecule has 120 valence electrons. The zero-order valence-corrected chi connectivity index (χ0v) is 12.9. The first kappa shape index (κ1) is 15.7. The summed E-state index contributed by atoms with van der Waals surface area (Å²) in [6.07, 6.45) is -5.74. The fourth-order valence-electron chi connectivity index (χ4n) is 2.14. The van der Waals surface area contributed by atoms with Gasteiger partial charge in [-0.25, -0.2) is 0 Å². The van der Waals surface area contributed by atoms with Gasteiger partial charge in [-0.15, -0.1) is 13.2 Å². The van der Waals surface area contributed by atoms with Crippen LogP contribution in [0.4, 0.5) is 18.9 Å². The van der Waals surface area contributed by atoms with E-state index < -0.39 is 24.1 Å². The van der Waals surface area contributed by atoms with E-state index in [1.165, 1.54) is 6.07 Å². The van der Waals surface area contributed by atoms with E-state index in [1.807, 2.05) is 0 Å². The van der Waals surface area contributed by atoms with Gasteiger partial charge in [0.1, 0.15) is 11.5 Å². The lowest BCUT2D eigenvalue weighted by atomic mass is 10.1. The number of benzene rings is 2. The second-order valence-corrected chi connectivity index (χ2v) is 5.66. The zero-order chi connectivity index (χ0) is 16.6. The standard InChI is InChI=1S/C15H9BrF3NO3/c16-9-3-1-8(2-4-9)13-14(21)20-11-6-5-10(7-12(11)22-13)23-15(17,18)19/h1-7,13H,(H,20,21)/t13-/m0/s1. The molecule has 0 fully saturated rings. The summed E-state index contributed by atoms with van der Waals surface area (Å²) in [7, 11) is 0. The van der Waals surface area contributed by atoms with Crippen LogP contribution in [0.5, 0.6) is 11.5 Å². The number of halogens is 4. The van der Waals surface area contributed by atoms with Crippen LogP contribution in [0.2, 0.25) is 0 Å². The number of hydrogen-bond donors (Lipinski definition) is 1. The van der Waals surface area contributed by atoms with Crippen LogP contribution in [0.1, 0.15) is 11.7 Å². The van der Waals surface area contributed by atoms with E-state index in [0.29, 0.717) is 5.56 Å². The van der Waals surface area contributed by atoms with Gasteiger partial charge in [0.2, 0.25) is 6.10 Å². The fourth-order valence-corrected chi connectivity index (χ4v) is 2.40. The maximum absolute atomic E-state index is 12.3. The Balaban J connectivity index is 1.89.